The van der Waals surface area contributed by atoms with Gasteiger partial charge in [-0.3, -0.25) is 0 Å². The third kappa shape index (κ3) is 5.72. The molecule has 2 fully saturated rings. The number of halogens is 4. The molecular formula is C26H25F4N3O3. The molecule has 0 N–H and O–H groups in total. The van der Waals surface area contributed by atoms with Crippen LogP contribution >= 0.6 is 0 Å². The summed E-state index contributed by atoms with van der Waals surface area (Å²) in [4.78, 5) is 1.56. The number of ether oxygens (including phenoxy) is 3. The van der Waals surface area contributed by atoms with E-state index in [1.165, 1.54) is 12.1 Å². The highest BCUT2D eigenvalue weighted by Crippen LogP contribution is 2.40. The Bertz CT molecular complexity index is 1160. The van der Waals surface area contributed by atoms with Gasteiger partial charge in [-0.2, -0.15) is 23.7 Å². The van der Waals surface area contributed by atoms with Crippen molar-refractivity contribution in [1.82, 2.24) is 0 Å². The number of piperidine rings is 1. The molecule has 0 aromatic heterocycles. The summed E-state index contributed by atoms with van der Waals surface area (Å²) in [5, 5.41) is 18.6. The fraction of sp³-hybridized carbons (Fsp3) is 0.462. The van der Waals surface area contributed by atoms with Gasteiger partial charge in [-0.15, -0.1) is 0 Å². The quantitative estimate of drug-likeness (QED) is 0.367. The summed E-state index contributed by atoms with van der Waals surface area (Å²) in [5.74, 6) is -0.837. The number of alkyl halides is 3. The topological polar surface area (TPSA) is 78.5 Å². The molecule has 36 heavy (non-hydrogen) atoms. The Morgan fingerprint density at radius 3 is 2.33 bits per heavy atom. The van der Waals surface area contributed by atoms with Crippen LogP contribution in [0.5, 0.6) is 5.75 Å². The second kappa shape index (κ2) is 11.2. The normalized spacial score (nSPS) is 17.1. The van der Waals surface area contributed by atoms with E-state index >= 15 is 0 Å². The van der Waals surface area contributed by atoms with E-state index in [9.17, 15) is 22.8 Å². The van der Waals surface area contributed by atoms with Crippen LogP contribution in [0.15, 0.2) is 30.3 Å². The Morgan fingerprint density at radius 1 is 1.00 bits per heavy atom. The molecule has 6 nitrogen and oxygen atoms in total. The van der Waals surface area contributed by atoms with Crippen LogP contribution in [0.2, 0.25) is 0 Å². The van der Waals surface area contributed by atoms with E-state index in [0.717, 1.165) is 24.5 Å². The fourth-order valence-corrected chi connectivity index (χ4v) is 4.70. The van der Waals surface area contributed by atoms with E-state index in [2.05, 4.69) is 6.07 Å². The third-order valence-corrected chi connectivity index (χ3v) is 6.49. The molecule has 0 spiro atoms. The van der Waals surface area contributed by atoms with Crippen LogP contribution < -0.4 is 9.64 Å². The lowest BCUT2D eigenvalue weighted by Gasteiger charge is -2.34. The predicted octanol–water partition coefficient (Wildman–Crippen LogP) is 5.50. The summed E-state index contributed by atoms with van der Waals surface area (Å²) in [7, 11) is 0. The van der Waals surface area contributed by atoms with E-state index < -0.39 is 23.1 Å². The van der Waals surface area contributed by atoms with Crippen molar-refractivity contribution in [3.05, 3.63) is 58.4 Å². The van der Waals surface area contributed by atoms with Crippen LogP contribution in [-0.2, 0) is 15.7 Å². The fourth-order valence-electron chi connectivity index (χ4n) is 4.70. The number of nitrogens with zero attached hydrogens (tertiary/aromatic N) is 3. The smallest absolute Gasteiger partial charge is 0.420 e. The largest absolute Gasteiger partial charge is 0.494 e. The molecule has 2 aromatic carbocycles. The lowest BCUT2D eigenvalue weighted by Crippen LogP contribution is -2.34. The van der Waals surface area contributed by atoms with Crippen LogP contribution in [0.3, 0.4) is 0 Å². The number of rotatable bonds is 7. The van der Waals surface area contributed by atoms with Gasteiger partial charge in [0, 0.05) is 19.5 Å². The minimum atomic E-state index is -4.97. The van der Waals surface area contributed by atoms with Crippen molar-refractivity contribution in [2.24, 2.45) is 0 Å². The van der Waals surface area contributed by atoms with Crippen molar-refractivity contribution in [2.75, 3.05) is 37.8 Å². The van der Waals surface area contributed by atoms with Crippen molar-refractivity contribution in [2.45, 2.75) is 44.1 Å². The zero-order chi connectivity index (χ0) is 25.7. The van der Waals surface area contributed by atoms with Crippen molar-refractivity contribution in [3.8, 4) is 17.9 Å². The number of hydrogen-bond acceptors (Lipinski definition) is 6. The number of benzene rings is 2. The maximum Gasteiger partial charge on any atom is 0.420 e. The molecule has 0 radical (unpaired) electrons. The Hall–Kier alpha value is -3.34. The minimum Gasteiger partial charge on any atom is -0.494 e. The minimum absolute atomic E-state index is 0.00476. The number of nitriles is 2. The first-order chi connectivity index (χ1) is 17.3. The zero-order valence-electron chi connectivity index (χ0n) is 19.5. The Labute approximate surface area is 206 Å². The molecule has 2 aromatic rings. The average Bonchev–Trinajstić information content (AvgIpc) is 3.39. The first-order valence-corrected chi connectivity index (χ1v) is 11.8. The standard InChI is InChI=1S/C26H25F4N3O3/c27-25-22(6-3-18(15-31)24(25)26(28,29)30)33-9-7-17(8-10-33)21-5-4-20(14-19(21)16-32)34-11-1-2-23-35-12-13-36-23/h3-6,14,17,23H,1-2,7-13H2. The van der Waals surface area contributed by atoms with E-state index in [-0.39, 0.29) is 17.9 Å². The van der Waals surface area contributed by atoms with Gasteiger partial charge in [-0.05, 0) is 55.0 Å². The monoisotopic (exact) mass is 503 g/mol. The van der Waals surface area contributed by atoms with Crippen molar-refractivity contribution in [1.29, 1.82) is 10.5 Å². The first-order valence-electron chi connectivity index (χ1n) is 11.8. The molecule has 4 rings (SSSR count). The Kier molecular flexibility index (Phi) is 7.97. The van der Waals surface area contributed by atoms with Gasteiger partial charge < -0.3 is 19.1 Å². The molecule has 0 saturated carbocycles. The summed E-state index contributed by atoms with van der Waals surface area (Å²) >= 11 is 0. The summed E-state index contributed by atoms with van der Waals surface area (Å²) in [5.41, 5.74) is -1.11. The van der Waals surface area contributed by atoms with Gasteiger partial charge >= 0.3 is 6.18 Å². The second-order valence-electron chi connectivity index (χ2n) is 8.71. The molecule has 0 atom stereocenters. The molecule has 0 bridgehead atoms. The Morgan fingerprint density at radius 2 is 1.69 bits per heavy atom. The zero-order valence-corrected chi connectivity index (χ0v) is 19.5. The van der Waals surface area contributed by atoms with E-state index in [1.54, 1.807) is 17.0 Å². The van der Waals surface area contributed by atoms with Crippen molar-refractivity contribution >= 4 is 5.69 Å². The van der Waals surface area contributed by atoms with Crippen LogP contribution in [-0.4, -0.2) is 39.2 Å². The summed E-state index contributed by atoms with van der Waals surface area (Å²) in [6.07, 6.45) is -2.60. The molecule has 10 heteroatoms. The highest BCUT2D eigenvalue weighted by molar-refractivity contribution is 5.57. The first kappa shape index (κ1) is 25.7. The molecule has 0 unspecified atom stereocenters. The van der Waals surface area contributed by atoms with E-state index in [4.69, 9.17) is 19.5 Å². The van der Waals surface area contributed by atoms with Crippen molar-refractivity contribution in [3.63, 3.8) is 0 Å². The van der Waals surface area contributed by atoms with Gasteiger partial charge in [0.2, 0.25) is 0 Å². The number of anilines is 1. The maximum absolute atomic E-state index is 14.8. The molecular weight excluding hydrogens is 478 g/mol. The third-order valence-electron chi connectivity index (χ3n) is 6.49. The highest BCUT2D eigenvalue weighted by atomic mass is 19.4. The maximum atomic E-state index is 14.8. The molecule has 2 aliphatic rings. The van der Waals surface area contributed by atoms with Gasteiger partial charge in [0.25, 0.3) is 0 Å². The summed E-state index contributed by atoms with van der Waals surface area (Å²) < 4.78 is 71.4. The van der Waals surface area contributed by atoms with Gasteiger partial charge in [-0.1, -0.05) is 6.07 Å². The molecule has 0 aliphatic carbocycles. The van der Waals surface area contributed by atoms with Crippen molar-refractivity contribution < 1.29 is 31.8 Å². The molecule has 2 heterocycles. The average molecular weight is 503 g/mol. The predicted molar refractivity (Wildman–Crippen MR) is 122 cm³/mol. The van der Waals surface area contributed by atoms with E-state index in [1.807, 2.05) is 6.07 Å². The van der Waals surface area contributed by atoms with Gasteiger partial charge in [-0.25, -0.2) is 4.39 Å². The molecule has 2 aliphatic heterocycles. The SMILES string of the molecule is N#Cc1cc(OCCCC2OCCO2)ccc1C1CCN(c2ccc(C#N)c(C(F)(F)F)c2F)CC1. The lowest BCUT2D eigenvalue weighted by atomic mass is 9.86. The van der Waals surface area contributed by atoms with Gasteiger partial charge in [0.15, 0.2) is 12.1 Å². The Balaban J connectivity index is 1.39. The molecule has 190 valence electrons. The summed E-state index contributed by atoms with van der Waals surface area (Å²) in [6.45, 7) is 2.31. The molecule has 0 amide bonds. The van der Waals surface area contributed by atoms with Crippen LogP contribution in [0.25, 0.3) is 0 Å². The van der Waals surface area contributed by atoms with Gasteiger partial charge in [0.1, 0.15) is 11.3 Å². The molecule has 2 saturated heterocycles. The van der Waals surface area contributed by atoms with Crippen LogP contribution in [0.1, 0.15) is 53.9 Å². The lowest BCUT2D eigenvalue weighted by molar-refractivity contribution is -0.140. The van der Waals surface area contributed by atoms with Gasteiger partial charge in [0.05, 0.1) is 48.8 Å². The van der Waals surface area contributed by atoms with Crippen LogP contribution in [0, 0.1) is 28.5 Å². The van der Waals surface area contributed by atoms with E-state index in [0.29, 0.717) is 57.1 Å². The highest BCUT2D eigenvalue weighted by Gasteiger charge is 2.39. The number of hydrogen-bond donors (Lipinski definition) is 0. The van der Waals surface area contributed by atoms with Crippen LogP contribution in [0.4, 0.5) is 23.2 Å². The summed E-state index contributed by atoms with van der Waals surface area (Å²) in [6, 6.07) is 11.2. The second-order valence-corrected chi connectivity index (χ2v) is 8.71.